The van der Waals surface area contributed by atoms with Gasteiger partial charge >= 0.3 is 0 Å². The van der Waals surface area contributed by atoms with E-state index in [-0.39, 0.29) is 24.2 Å². The lowest BCUT2D eigenvalue weighted by Crippen LogP contribution is -2.45. The van der Waals surface area contributed by atoms with Gasteiger partial charge in [0.05, 0.1) is 19.3 Å². The van der Waals surface area contributed by atoms with E-state index >= 15 is 0 Å². The van der Waals surface area contributed by atoms with Crippen LogP contribution in [0.25, 0.3) is 0 Å². The highest BCUT2D eigenvalue weighted by Gasteiger charge is 2.18. The molecule has 0 bridgehead atoms. The molecule has 1 rings (SSSR count). The van der Waals surface area contributed by atoms with Crippen molar-refractivity contribution >= 4 is 18.3 Å². The van der Waals surface area contributed by atoms with Gasteiger partial charge in [0.1, 0.15) is 0 Å². The number of amides is 1. The first-order chi connectivity index (χ1) is 9.15. The lowest BCUT2D eigenvalue weighted by atomic mass is 9.99. The number of carbonyl (C=O) groups excluding carboxylic acids is 1. The van der Waals surface area contributed by atoms with Crippen LogP contribution >= 0.6 is 12.4 Å². The van der Waals surface area contributed by atoms with Crippen LogP contribution in [-0.2, 0) is 14.3 Å². The van der Waals surface area contributed by atoms with Gasteiger partial charge in [0.15, 0.2) is 0 Å². The van der Waals surface area contributed by atoms with Crippen LogP contribution in [0.3, 0.4) is 0 Å². The first kappa shape index (κ1) is 19.6. The summed E-state index contributed by atoms with van der Waals surface area (Å²) in [5.74, 6) is 0.713. The van der Waals surface area contributed by atoms with Crippen LogP contribution in [0.15, 0.2) is 0 Å². The Morgan fingerprint density at radius 1 is 1.55 bits per heavy atom. The Balaban J connectivity index is 0.00000361. The van der Waals surface area contributed by atoms with E-state index in [0.717, 1.165) is 39.1 Å². The Morgan fingerprint density at radius 3 is 2.90 bits per heavy atom. The van der Waals surface area contributed by atoms with Crippen molar-refractivity contribution in [2.75, 3.05) is 33.0 Å². The number of nitrogens with one attached hydrogen (secondary N) is 1. The zero-order valence-electron chi connectivity index (χ0n) is 12.6. The molecule has 120 valence electrons. The van der Waals surface area contributed by atoms with E-state index in [1.54, 1.807) is 0 Å². The van der Waals surface area contributed by atoms with Crippen LogP contribution in [-0.4, -0.2) is 44.9 Å². The standard InChI is InChI=1S/C14H28N2O3.ClH/c1-3-11(2)13(15)14(17)16-6-4-7-18-9-12-5-8-19-10-12;/h11-13H,3-10,15H2,1-2H3,(H,16,17);1H. The monoisotopic (exact) mass is 308 g/mol. The maximum Gasteiger partial charge on any atom is 0.237 e. The quantitative estimate of drug-likeness (QED) is 0.630. The Labute approximate surface area is 128 Å². The van der Waals surface area contributed by atoms with E-state index in [1.165, 1.54) is 0 Å². The summed E-state index contributed by atoms with van der Waals surface area (Å²) in [5, 5.41) is 2.86. The number of halogens is 1. The fraction of sp³-hybridized carbons (Fsp3) is 0.929. The molecule has 0 radical (unpaired) electrons. The van der Waals surface area contributed by atoms with Crippen LogP contribution < -0.4 is 11.1 Å². The summed E-state index contributed by atoms with van der Waals surface area (Å²) in [6, 6.07) is -0.401. The fourth-order valence-corrected chi connectivity index (χ4v) is 1.98. The Bertz CT molecular complexity index is 261. The van der Waals surface area contributed by atoms with E-state index in [2.05, 4.69) is 5.32 Å². The minimum Gasteiger partial charge on any atom is -0.381 e. The van der Waals surface area contributed by atoms with Gasteiger partial charge in [0.25, 0.3) is 0 Å². The van der Waals surface area contributed by atoms with Gasteiger partial charge in [-0.1, -0.05) is 20.3 Å². The number of hydrogen-bond acceptors (Lipinski definition) is 4. The van der Waals surface area contributed by atoms with E-state index in [9.17, 15) is 4.79 Å². The van der Waals surface area contributed by atoms with Crippen LogP contribution in [0.1, 0.15) is 33.1 Å². The van der Waals surface area contributed by atoms with Crippen LogP contribution in [0, 0.1) is 11.8 Å². The summed E-state index contributed by atoms with van der Waals surface area (Å²) in [5.41, 5.74) is 5.84. The SMILES string of the molecule is CCC(C)C(N)C(=O)NCCCOCC1CCOC1.Cl. The number of hydrogen-bond donors (Lipinski definition) is 2. The molecule has 1 fully saturated rings. The van der Waals surface area contributed by atoms with Crippen molar-refractivity contribution in [3.63, 3.8) is 0 Å². The highest BCUT2D eigenvalue weighted by molar-refractivity contribution is 5.85. The molecule has 0 aromatic heterocycles. The molecule has 1 aliphatic rings. The molecule has 0 aromatic carbocycles. The van der Waals surface area contributed by atoms with Crippen molar-refractivity contribution in [2.24, 2.45) is 17.6 Å². The molecule has 0 aromatic rings. The molecule has 3 N–H and O–H groups in total. The van der Waals surface area contributed by atoms with Crippen LogP contribution in [0.2, 0.25) is 0 Å². The summed E-state index contributed by atoms with van der Waals surface area (Å²) >= 11 is 0. The molecule has 5 nitrogen and oxygen atoms in total. The van der Waals surface area contributed by atoms with E-state index in [0.29, 0.717) is 19.1 Å². The van der Waals surface area contributed by atoms with Gasteiger partial charge in [0.2, 0.25) is 5.91 Å². The van der Waals surface area contributed by atoms with E-state index in [1.807, 2.05) is 13.8 Å². The van der Waals surface area contributed by atoms with E-state index < -0.39 is 6.04 Å². The molecule has 20 heavy (non-hydrogen) atoms. The summed E-state index contributed by atoms with van der Waals surface area (Å²) in [6.45, 7) is 7.79. The molecule has 1 heterocycles. The second-order valence-corrected chi connectivity index (χ2v) is 5.36. The smallest absolute Gasteiger partial charge is 0.237 e. The van der Waals surface area contributed by atoms with Gasteiger partial charge < -0.3 is 20.5 Å². The van der Waals surface area contributed by atoms with Gasteiger partial charge in [0, 0.05) is 25.7 Å². The Kier molecular flexibility index (Phi) is 11.1. The molecular formula is C14H29ClN2O3. The average Bonchev–Trinajstić information content (AvgIpc) is 2.93. The number of carbonyl (C=O) groups is 1. The first-order valence-electron chi connectivity index (χ1n) is 7.34. The van der Waals surface area contributed by atoms with Crippen molar-refractivity contribution < 1.29 is 14.3 Å². The molecule has 6 heteroatoms. The van der Waals surface area contributed by atoms with Gasteiger partial charge in [-0.25, -0.2) is 0 Å². The molecule has 3 atom stereocenters. The molecular weight excluding hydrogens is 280 g/mol. The normalized spacial score (nSPS) is 21.1. The van der Waals surface area contributed by atoms with Gasteiger partial charge in [-0.2, -0.15) is 0 Å². The predicted octanol–water partition coefficient (Wildman–Crippen LogP) is 1.34. The number of ether oxygens (including phenoxy) is 2. The third-order valence-electron chi connectivity index (χ3n) is 3.70. The fourth-order valence-electron chi connectivity index (χ4n) is 1.98. The Hall–Kier alpha value is -0.360. The van der Waals surface area contributed by atoms with Gasteiger partial charge in [-0.3, -0.25) is 4.79 Å². The van der Waals surface area contributed by atoms with Crippen molar-refractivity contribution in [1.82, 2.24) is 5.32 Å². The van der Waals surface area contributed by atoms with Crippen molar-refractivity contribution in [3.8, 4) is 0 Å². The summed E-state index contributed by atoms with van der Waals surface area (Å²) in [4.78, 5) is 11.7. The van der Waals surface area contributed by atoms with Crippen molar-refractivity contribution in [2.45, 2.75) is 39.2 Å². The largest absolute Gasteiger partial charge is 0.381 e. The zero-order chi connectivity index (χ0) is 14.1. The summed E-state index contributed by atoms with van der Waals surface area (Å²) < 4.78 is 10.8. The van der Waals surface area contributed by atoms with Gasteiger partial charge in [-0.15, -0.1) is 12.4 Å². The summed E-state index contributed by atoms with van der Waals surface area (Å²) in [6.07, 6.45) is 2.84. The maximum absolute atomic E-state index is 11.7. The third kappa shape index (κ3) is 7.43. The number of rotatable bonds is 9. The molecule has 0 saturated carbocycles. The first-order valence-corrected chi connectivity index (χ1v) is 7.34. The van der Waals surface area contributed by atoms with E-state index in [4.69, 9.17) is 15.2 Å². The average molecular weight is 309 g/mol. The second-order valence-electron chi connectivity index (χ2n) is 5.36. The van der Waals surface area contributed by atoms with Crippen molar-refractivity contribution in [3.05, 3.63) is 0 Å². The van der Waals surface area contributed by atoms with Gasteiger partial charge in [-0.05, 0) is 18.8 Å². The highest BCUT2D eigenvalue weighted by atomic mass is 35.5. The molecule has 1 saturated heterocycles. The minimum absolute atomic E-state index is 0. The summed E-state index contributed by atoms with van der Waals surface area (Å²) in [7, 11) is 0. The molecule has 1 aliphatic heterocycles. The van der Waals surface area contributed by atoms with Crippen LogP contribution in [0.5, 0.6) is 0 Å². The molecule has 3 unspecified atom stereocenters. The zero-order valence-corrected chi connectivity index (χ0v) is 13.4. The maximum atomic E-state index is 11.7. The molecule has 0 aliphatic carbocycles. The lowest BCUT2D eigenvalue weighted by molar-refractivity contribution is -0.123. The minimum atomic E-state index is -0.401. The predicted molar refractivity (Wildman–Crippen MR) is 82.1 cm³/mol. The second kappa shape index (κ2) is 11.3. The van der Waals surface area contributed by atoms with Crippen LogP contribution in [0.4, 0.5) is 0 Å². The molecule has 0 spiro atoms. The highest BCUT2D eigenvalue weighted by Crippen LogP contribution is 2.12. The number of nitrogens with two attached hydrogens (primary N) is 1. The Morgan fingerprint density at radius 2 is 2.30 bits per heavy atom. The third-order valence-corrected chi connectivity index (χ3v) is 3.70. The molecule has 1 amide bonds. The van der Waals surface area contributed by atoms with Crippen molar-refractivity contribution in [1.29, 1.82) is 0 Å². The topological polar surface area (TPSA) is 73.6 Å². The lowest BCUT2D eigenvalue weighted by Gasteiger charge is -2.17.